The second kappa shape index (κ2) is 13.9. The SMILES string of the molecule is C[n+]1cc(-c2ccc(OC[C@H](O/N=C(\C(=O)NC3C(=O)N(OS(=O)(=O)[O-])C3(C)C)c3csc(N)n3)C(=O)O)cc2)c(N)n1CCCN. The van der Waals surface area contributed by atoms with Crippen LogP contribution in [0, 0.1) is 0 Å². The lowest BCUT2D eigenvalue weighted by Crippen LogP contribution is -2.76. The van der Waals surface area contributed by atoms with Crippen LogP contribution < -0.4 is 31.9 Å². The first-order chi connectivity index (χ1) is 22.0. The number of carbonyl (C=O) groups is 3. The molecule has 2 amide bonds. The highest BCUT2D eigenvalue weighted by Crippen LogP contribution is 2.33. The zero-order valence-corrected chi connectivity index (χ0v) is 27.0. The lowest BCUT2D eigenvalue weighted by Gasteiger charge is -2.51. The van der Waals surface area contributed by atoms with Gasteiger partial charge >= 0.3 is 5.97 Å². The summed E-state index contributed by atoms with van der Waals surface area (Å²) in [7, 11) is -3.41. The van der Waals surface area contributed by atoms with Crippen LogP contribution in [0.25, 0.3) is 11.1 Å². The van der Waals surface area contributed by atoms with Gasteiger partial charge in [0.15, 0.2) is 23.7 Å². The summed E-state index contributed by atoms with van der Waals surface area (Å²) < 4.78 is 46.5. The molecule has 1 fully saturated rings. The normalized spacial score (nSPS) is 16.8. The number of ether oxygens (including phenoxy) is 1. The number of oxime groups is 1. The summed E-state index contributed by atoms with van der Waals surface area (Å²) in [4.78, 5) is 46.8. The minimum Gasteiger partial charge on any atom is -0.724 e. The molecule has 1 aromatic carbocycles. The maximum absolute atomic E-state index is 13.2. The van der Waals surface area contributed by atoms with Gasteiger partial charge in [0.1, 0.15) is 24.1 Å². The van der Waals surface area contributed by atoms with Crippen LogP contribution in [0.2, 0.25) is 0 Å². The molecule has 0 aliphatic carbocycles. The number of rotatable bonds is 15. The van der Waals surface area contributed by atoms with Gasteiger partial charge in [0, 0.05) is 5.38 Å². The Hall–Kier alpha value is -4.83. The van der Waals surface area contributed by atoms with Crippen LogP contribution in [-0.2, 0) is 47.5 Å². The number of carboxylic acids is 1. The molecule has 0 radical (unpaired) electrons. The fraction of sp³-hybridized carbons (Fsp3) is 0.385. The van der Waals surface area contributed by atoms with Crippen molar-refractivity contribution in [1.82, 2.24) is 20.0 Å². The highest BCUT2D eigenvalue weighted by Gasteiger charge is 2.57. The molecule has 254 valence electrons. The van der Waals surface area contributed by atoms with Crippen molar-refractivity contribution in [1.29, 1.82) is 0 Å². The summed E-state index contributed by atoms with van der Waals surface area (Å²) in [6.07, 6.45) is 0.928. The van der Waals surface area contributed by atoms with Gasteiger partial charge in [-0.15, -0.1) is 20.7 Å². The predicted molar refractivity (Wildman–Crippen MR) is 164 cm³/mol. The maximum atomic E-state index is 13.2. The highest BCUT2D eigenvalue weighted by molar-refractivity contribution is 7.80. The van der Waals surface area contributed by atoms with Crippen LogP contribution in [0.4, 0.5) is 10.9 Å². The van der Waals surface area contributed by atoms with Crippen LogP contribution in [0.3, 0.4) is 0 Å². The Morgan fingerprint density at radius 2 is 1.96 bits per heavy atom. The first-order valence-electron chi connectivity index (χ1n) is 13.8. The number of nitrogens with zero attached hydrogens (tertiary/aromatic N) is 5. The number of nitrogen functional groups attached to an aromatic ring is 2. The Kier molecular flexibility index (Phi) is 10.3. The van der Waals surface area contributed by atoms with E-state index >= 15 is 0 Å². The number of anilines is 2. The molecule has 0 saturated carbocycles. The van der Waals surface area contributed by atoms with Crippen LogP contribution in [0.1, 0.15) is 26.0 Å². The predicted octanol–water partition coefficient (Wildman–Crippen LogP) is -1.30. The molecule has 21 heteroatoms. The number of amides is 2. The van der Waals surface area contributed by atoms with Crippen LogP contribution >= 0.6 is 11.3 Å². The molecule has 0 spiro atoms. The topological polar surface area (TPSA) is 284 Å². The van der Waals surface area contributed by atoms with Crippen LogP contribution in [0.15, 0.2) is 41.0 Å². The number of aryl methyl sites for hydroxylation is 1. The third-order valence-electron chi connectivity index (χ3n) is 7.04. The van der Waals surface area contributed by atoms with Gasteiger partial charge in [-0.05, 0) is 44.5 Å². The standard InChI is InChI=1S/C26H33N9O10S2/c1-26(2)20(23(37)35(26)45-47(40,41)42)31-22(36)19(17-13-46-25(29)30-17)32-44-18(24(38)39)12-43-15-7-5-14(6-8-15)16-11-33(3)34(21(16)28)10-4-9-27/h5-8,11,13,18,20,28H,4,9-10,12,27H2,1-3H3,(H5,29,30,31,36,38,39,40,41,42)/b32-19-/t18-,20?/m0/s1. The van der Waals surface area contributed by atoms with Crippen LogP contribution in [0.5, 0.6) is 5.75 Å². The molecule has 1 aliphatic heterocycles. The van der Waals surface area contributed by atoms with Gasteiger partial charge < -0.3 is 41.8 Å². The van der Waals surface area contributed by atoms with E-state index in [1.807, 2.05) is 22.6 Å². The number of nitrogens with one attached hydrogen (secondary N) is 1. The van der Waals surface area contributed by atoms with Crippen molar-refractivity contribution in [2.75, 3.05) is 24.6 Å². The van der Waals surface area contributed by atoms with Crippen molar-refractivity contribution in [3.8, 4) is 16.9 Å². The monoisotopic (exact) mass is 695 g/mol. The third-order valence-corrected chi connectivity index (χ3v) is 8.04. The number of nitrogens with two attached hydrogens (primary N) is 3. The Balaban J connectivity index is 1.46. The molecule has 19 nitrogen and oxygen atoms in total. The van der Waals surface area contributed by atoms with Gasteiger partial charge in [-0.3, -0.25) is 9.59 Å². The number of thiazole rings is 1. The number of aliphatic carboxylic acids is 1. The van der Waals surface area contributed by atoms with Gasteiger partial charge in [0.25, 0.3) is 17.9 Å². The average molecular weight is 696 g/mol. The van der Waals surface area contributed by atoms with Gasteiger partial charge in [-0.2, -0.15) is 9.35 Å². The van der Waals surface area contributed by atoms with Crippen molar-refractivity contribution < 1.29 is 51.0 Å². The van der Waals surface area contributed by atoms with E-state index in [-0.39, 0.29) is 10.8 Å². The molecule has 1 unspecified atom stereocenters. The number of carbonyl (C=O) groups excluding carboxylic acids is 2. The van der Waals surface area contributed by atoms with E-state index in [2.05, 4.69) is 19.7 Å². The average Bonchev–Trinajstić information content (AvgIpc) is 3.56. The number of carboxylic acid groups (broad SMARTS) is 1. The molecular weight excluding hydrogens is 662 g/mol. The molecule has 3 heterocycles. The summed E-state index contributed by atoms with van der Waals surface area (Å²) in [5.41, 5.74) is 17.1. The molecule has 2 atom stereocenters. The van der Waals surface area contributed by atoms with E-state index in [4.69, 9.17) is 26.8 Å². The molecule has 2 aromatic heterocycles. The van der Waals surface area contributed by atoms with Gasteiger partial charge in [0.2, 0.25) is 16.6 Å². The minimum absolute atomic E-state index is 0.0463. The second-order valence-electron chi connectivity index (χ2n) is 10.7. The zero-order chi connectivity index (χ0) is 34.7. The van der Waals surface area contributed by atoms with Crippen molar-refractivity contribution in [2.45, 2.75) is 44.5 Å². The number of aromatic nitrogens is 3. The summed E-state index contributed by atoms with van der Waals surface area (Å²) in [6, 6.07) is 5.38. The number of hydrogen-bond acceptors (Lipinski definition) is 15. The van der Waals surface area contributed by atoms with Crippen molar-refractivity contribution in [2.24, 2.45) is 17.9 Å². The van der Waals surface area contributed by atoms with E-state index < -0.39 is 58.2 Å². The summed E-state index contributed by atoms with van der Waals surface area (Å²) in [5, 5.41) is 17.5. The Morgan fingerprint density at radius 1 is 1.28 bits per heavy atom. The number of hydrogen-bond donors (Lipinski definition) is 5. The number of benzene rings is 1. The Labute approximate surface area is 272 Å². The highest BCUT2D eigenvalue weighted by atomic mass is 32.3. The first-order valence-corrected chi connectivity index (χ1v) is 16.0. The molecule has 4 rings (SSSR count). The lowest BCUT2D eigenvalue weighted by atomic mass is 9.84. The summed E-state index contributed by atoms with van der Waals surface area (Å²) in [5.74, 6) is -2.69. The van der Waals surface area contributed by atoms with Gasteiger partial charge in [-0.1, -0.05) is 17.3 Å². The smallest absolute Gasteiger partial charge is 0.351 e. The Morgan fingerprint density at radius 3 is 2.51 bits per heavy atom. The molecule has 47 heavy (non-hydrogen) atoms. The third kappa shape index (κ3) is 7.94. The van der Waals surface area contributed by atoms with Crippen molar-refractivity contribution in [3.05, 3.63) is 41.5 Å². The molecule has 1 saturated heterocycles. The van der Waals surface area contributed by atoms with E-state index in [1.165, 1.54) is 19.2 Å². The molecule has 3 aromatic rings. The van der Waals surface area contributed by atoms with Crippen LogP contribution in [-0.4, -0.2) is 87.1 Å². The van der Waals surface area contributed by atoms with E-state index in [0.29, 0.717) is 29.7 Å². The molecule has 1 aliphatic rings. The zero-order valence-electron chi connectivity index (χ0n) is 25.4. The molecule has 8 N–H and O–H groups in total. The number of hydroxylamine groups is 2. The van der Waals surface area contributed by atoms with Crippen molar-refractivity contribution in [3.63, 3.8) is 0 Å². The Bertz CT molecular complexity index is 1790. The van der Waals surface area contributed by atoms with Crippen molar-refractivity contribution >= 4 is 56.2 Å². The molecule has 0 bridgehead atoms. The number of β-lactam (4-membered cyclic amide) rings is 1. The molecular formula is C26H33N9O10S2. The van der Waals surface area contributed by atoms with E-state index in [9.17, 15) is 32.5 Å². The van der Waals surface area contributed by atoms with E-state index in [0.717, 1.165) is 28.9 Å². The van der Waals surface area contributed by atoms with E-state index in [1.54, 1.807) is 24.3 Å². The minimum atomic E-state index is -5.27. The second-order valence-corrected chi connectivity index (χ2v) is 12.6. The lowest BCUT2D eigenvalue weighted by molar-refractivity contribution is -0.752. The fourth-order valence-corrected chi connectivity index (χ4v) is 5.55. The summed E-state index contributed by atoms with van der Waals surface area (Å²) >= 11 is 0.947. The first kappa shape index (κ1) is 35.0. The maximum Gasteiger partial charge on any atom is 0.351 e. The summed E-state index contributed by atoms with van der Waals surface area (Å²) in [6.45, 7) is 3.31. The van der Waals surface area contributed by atoms with Gasteiger partial charge in [-0.25, -0.2) is 18.2 Å². The van der Waals surface area contributed by atoms with Gasteiger partial charge in [0.05, 0.1) is 17.6 Å². The largest absolute Gasteiger partial charge is 0.724 e. The quantitative estimate of drug-likeness (QED) is 0.0309. The fourth-order valence-electron chi connectivity index (χ4n) is 4.56.